The summed E-state index contributed by atoms with van der Waals surface area (Å²) < 4.78 is 19.7. The Morgan fingerprint density at radius 3 is 2.32 bits per heavy atom. The molecule has 0 saturated heterocycles. The summed E-state index contributed by atoms with van der Waals surface area (Å²) in [6.07, 6.45) is 10.1. The third-order valence-corrected chi connectivity index (χ3v) is 4.00. The molecule has 0 amide bonds. The van der Waals surface area contributed by atoms with Gasteiger partial charge in [-0.2, -0.15) is 0 Å². The molecule has 0 atom stereocenters. The molecule has 1 aromatic rings. The molecule has 108 valence electrons. The van der Waals surface area contributed by atoms with Crippen LogP contribution in [0.1, 0.15) is 58.3 Å². The fourth-order valence-electron chi connectivity index (χ4n) is 2.01. The van der Waals surface area contributed by atoms with Crippen molar-refractivity contribution in [3.8, 4) is 5.75 Å². The second-order valence-electron chi connectivity index (χ2n) is 4.88. The van der Waals surface area contributed by atoms with E-state index in [4.69, 9.17) is 4.74 Å². The molecule has 0 N–H and O–H groups in total. The van der Waals surface area contributed by atoms with Crippen LogP contribution < -0.4 is 4.74 Å². The molecule has 1 nitrogen and oxygen atoms in total. The molecule has 19 heavy (non-hydrogen) atoms. The Morgan fingerprint density at radius 1 is 1.00 bits per heavy atom. The lowest BCUT2D eigenvalue weighted by molar-refractivity contribution is 0.289. The Morgan fingerprint density at radius 2 is 1.63 bits per heavy atom. The average Bonchev–Trinajstić information content (AvgIpc) is 2.41. The van der Waals surface area contributed by atoms with E-state index in [-0.39, 0.29) is 5.82 Å². The monoisotopic (exact) mass is 378 g/mol. The summed E-state index contributed by atoms with van der Waals surface area (Å²) in [6.45, 7) is 2.85. The Bertz CT molecular complexity index is 355. The number of rotatable bonds is 10. The minimum Gasteiger partial charge on any atom is -0.490 e. The van der Waals surface area contributed by atoms with E-state index in [0.29, 0.717) is 15.9 Å². The predicted molar refractivity (Wildman–Crippen MR) is 87.2 cm³/mol. The lowest BCUT2D eigenvalue weighted by Gasteiger charge is -2.08. The zero-order valence-electron chi connectivity index (χ0n) is 11.8. The van der Waals surface area contributed by atoms with Crippen molar-refractivity contribution in [2.75, 3.05) is 6.61 Å². The maximum Gasteiger partial charge on any atom is 0.178 e. The summed E-state index contributed by atoms with van der Waals surface area (Å²) in [5, 5.41) is 0. The molecule has 0 aliphatic rings. The van der Waals surface area contributed by atoms with Crippen LogP contribution in [-0.2, 0) is 0 Å². The second kappa shape index (κ2) is 10.5. The number of benzene rings is 1. The molecule has 0 spiro atoms. The highest BCUT2D eigenvalue weighted by molar-refractivity contribution is 14.1. The molecule has 1 rings (SSSR count). The second-order valence-corrected chi connectivity index (χ2v) is 6.04. The van der Waals surface area contributed by atoms with Crippen LogP contribution >= 0.6 is 22.6 Å². The van der Waals surface area contributed by atoms with Crippen molar-refractivity contribution in [1.29, 1.82) is 0 Å². The van der Waals surface area contributed by atoms with Crippen molar-refractivity contribution in [3.63, 3.8) is 0 Å². The van der Waals surface area contributed by atoms with Crippen LogP contribution in [-0.4, -0.2) is 6.61 Å². The SMILES string of the molecule is CCCCCCCCCCOc1cccc(I)c1F. The van der Waals surface area contributed by atoms with Gasteiger partial charge < -0.3 is 4.74 Å². The summed E-state index contributed by atoms with van der Waals surface area (Å²) in [5.74, 6) is 0.150. The number of ether oxygens (including phenoxy) is 1. The summed E-state index contributed by atoms with van der Waals surface area (Å²) in [5.41, 5.74) is 0. The first-order valence-corrected chi connectivity index (χ1v) is 8.40. The predicted octanol–water partition coefficient (Wildman–Crippen LogP) is 5.95. The van der Waals surface area contributed by atoms with Gasteiger partial charge in [0.05, 0.1) is 10.2 Å². The van der Waals surface area contributed by atoms with Gasteiger partial charge in [0.15, 0.2) is 11.6 Å². The first-order chi connectivity index (χ1) is 9.25. The molecular weight excluding hydrogens is 354 g/mol. The van der Waals surface area contributed by atoms with Gasteiger partial charge in [-0.1, -0.05) is 57.9 Å². The molecule has 1 aromatic carbocycles. The summed E-state index contributed by atoms with van der Waals surface area (Å²) >= 11 is 1.99. The van der Waals surface area contributed by atoms with Gasteiger partial charge in [0.25, 0.3) is 0 Å². The standard InChI is InChI=1S/C16H24FIO/c1-2-3-4-5-6-7-8-9-13-19-15-12-10-11-14(18)16(15)17/h10-12H,2-9,13H2,1H3. The Kier molecular flexibility index (Phi) is 9.22. The lowest BCUT2D eigenvalue weighted by Crippen LogP contribution is -2.00. The number of hydrogen-bond acceptors (Lipinski definition) is 1. The van der Waals surface area contributed by atoms with Crippen molar-refractivity contribution in [1.82, 2.24) is 0 Å². The van der Waals surface area contributed by atoms with Crippen LogP contribution in [0.2, 0.25) is 0 Å². The molecule has 0 bridgehead atoms. The van der Waals surface area contributed by atoms with Crippen molar-refractivity contribution < 1.29 is 9.13 Å². The van der Waals surface area contributed by atoms with Gasteiger partial charge in [-0.05, 0) is 41.1 Å². The van der Waals surface area contributed by atoms with E-state index in [1.165, 1.54) is 44.9 Å². The Balaban J connectivity index is 2.03. The van der Waals surface area contributed by atoms with E-state index in [2.05, 4.69) is 6.92 Å². The molecule has 3 heteroatoms. The van der Waals surface area contributed by atoms with Crippen molar-refractivity contribution in [2.24, 2.45) is 0 Å². The van der Waals surface area contributed by atoms with Crippen molar-refractivity contribution in [2.45, 2.75) is 58.3 Å². The minimum atomic E-state index is -0.234. The summed E-state index contributed by atoms with van der Waals surface area (Å²) in [4.78, 5) is 0. The first kappa shape index (κ1) is 16.7. The average molecular weight is 378 g/mol. The van der Waals surface area contributed by atoms with E-state index in [1.54, 1.807) is 12.1 Å². The van der Waals surface area contributed by atoms with Gasteiger partial charge in [-0.25, -0.2) is 4.39 Å². The third-order valence-electron chi connectivity index (χ3n) is 3.17. The van der Waals surface area contributed by atoms with Gasteiger partial charge in [0.2, 0.25) is 0 Å². The molecule has 0 aliphatic heterocycles. The molecule has 0 radical (unpaired) electrons. The maximum absolute atomic E-state index is 13.6. The normalized spacial score (nSPS) is 10.7. The Hall–Kier alpha value is -0.320. The highest BCUT2D eigenvalue weighted by Crippen LogP contribution is 2.21. The molecule has 0 aliphatic carbocycles. The van der Waals surface area contributed by atoms with Crippen LogP contribution in [0.5, 0.6) is 5.75 Å². The molecular formula is C16H24FIO. The van der Waals surface area contributed by atoms with Gasteiger partial charge >= 0.3 is 0 Å². The molecule has 0 heterocycles. The zero-order chi connectivity index (χ0) is 13.9. The highest BCUT2D eigenvalue weighted by Gasteiger charge is 2.05. The smallest absolute Gasteiger partial charge is 0.178 e. The first-order valence-electron chi connectivity index (χ1n) is 7.32. The largest absolute Gasteiger partial charge is 0.490 e. The van der Waals surface area contributed by atoms with E-state index >= 15 is 0 Å². The van der Waals surface area contributed by atoms with Crippen LogP contribution in [0.15, 0.2) is 18.2 Å². The fourth-order valence-corrected chi connectivity index (χ4v) is 2.49. The van der Waals surface area contributed by atoms with E-state index in [9.17, 15) is 4.39 Å². The lowest BCUT2D eigenvalue weighted by atomic mass is 10.1. The van der Waals surface area contributed by atoms with Gasteiger partial charge in [-0.3, -0.25) is 0 Å². The van der Waals surface area contributed by atoms with Crippen LogP contribution in [0.3, 0.4) is 0 Å². The van der Waals surface area contributed by atoms with Gasteiger partial charge in [-0.15, -0.1) is 0 Å². The topological polar surface area (TPSA) is 9.23 Å². The van der Waals surface area contributed by atoms with E-state index in [1.807, 2.05) is 28.7 Å². The summed E-state index contributed by atoms with van der Waals surface area (Å²) in [6, 6.07) is 5.27. The van der Waals surface area contributed by atoms with Crippen LogP contribution in [0.25, 0.3) is 0 Å². The van der Waals surface area contributed by atoms with Gasteiger partial charge in [0, 0.05) is 0 Å². The quantitative estimate of drug-likeness (QED) is 0.361. The summed E-state index contributed by atoms with van der Waals surface area (Å²) in [7, 11) is 0. The molecule has 0 saturated carbocycles. The molecule has 0 fully saturated rings. The van der Waals surface area contributed by atoms with Gasteiger partial charge in [0.1, 0.15) is 0 Å². The zero-order valence-corrected chi connectivity index (χ0v) is 13.9. The van der Waals surface area contributed by atoms with E-state index in [0.717, 1.165) is 6.42 Å². The van der Waals surface area contributed by atoms with Crippen LogP contribution in [0.4, 0.5) is 4.39 Å². The van der Waals surface area contributed by atoms with Crippen molar-refractivity contribution in [3.05, 3.63) is 27.6 Å². The fraction of sp³-hybridized carbons (Fsp3) is 0.625. The number of hydrogen-bond donors (Lipinski definition) is 0. The molecule has 0 aromatic heterocycles. The maximum atomic E-state index is 13.6. The highest BCUT2D eigenvalue weighted by atomic mass is 127. The Labute approximate surface area is 130 Å². The third kappa shape index (κ3) is 7.14. The minimum absolute atomic E-state index is 0.234. The number of halogens is 2. The number of unbranched alkanes of at least 4 members (excludes halogenated alkanes) is 7. The molecule has 0 unspecified atom stereocenters. The van der Waals surface area contributed by atoms with Crippen molar-refractivity contribution >= 4 is 22.6 Å². The van der Waals surface area contributed by atoms with Crippen LogP contribution in [0, 0.1) is 9.39 Å². The van der Waals surface area contributed by atoms with E-state index < -0.39 is 0 Å².